The summed E-state index contributed by atoms with van der Waals surface area (Å²) in [4.78, 5) is 54.9. The van der Waals surface area contributed by atoms with Crippen molar-refractivity contribution in [3.8, 4) is 11.4 Å². The van der Waals surface area contributed by atoms with Gasteiger partial charge in [-0.1, -0.05) is 42.4 Å². The fourth-order valence-corrected chi connectivity index (χ4v) is 5.06. The second kappa shape index (κ2) is 13.9. The molecule has 0 bridgehead atoms. The number of Topliss-reactive ketones (excluding diaryl/α,β-unsaturated/α-hetero) is 1. The third-order valence-electron chi connectivity index (χ3n) is 6.87. The van der Waals surface area contributed by atoms with Crippen LogP contribution in [0.5, 0.6) is 0 Å². The Labute approximate surface area is 266 Å². The van der Waals surface area contributed by atoms with Gasteiger partial charge in [-0.25, -0.2) is 9.78 Å². The van der Waals surface area contributed by atoms with Gasteiger partial charge in [0.15, 0.2) is 5.78 Å². The van der Waals surface area contributed by atoms with E-state index in [4.69, 9.17) is 15.5 Å². The first kappa shape index (κ1) is 30.4. The summed E-state index contributed by atoms with van der Waals surface area (Å²) in [6.45, 7) is -0.293. The van der Waals surface area contributed by atoms with Gasteiger partial charge in [-0.15, -0.1) is 0 Å². The molecular formula is C28H31AcN6O5-. The maximum atomic E-state index is 12.8. The van der Waals surface area contributed by atoms with Gasteiger partial charge in [0.05, 0.1) is 44.2 Å². The van der Waals surface area contributed by atoms with Gasteiger partial charge in [0.2, 0.25) is 11.8 Å². The van der Waals surface area contributed by atoms with Crippen LogP contribution in [0, 0.1) is 44.1 Å². The Morgan fingerprint density at radius 2 is 1.45 bits per heavy atom. The number of hydrogen-bond donors (Lipinski definition) is 5. The van der Waals surface area contributed by atoms with E-state index in [-0.39, 0.29) is 88.4 Å². The van der Waals surface area contributed by atoms with E-state index < -0.39 is 18.0 Å². The van der Waals surface area contributed by atoms with Gasteiger partial charge in [0.1, 0.15) is 6.61 Å². The molecule has 6 N–H and O–H groups in total. The number of amides is 2. The van der Waals surface area contributed by atoms with Crippen LogP contribution in [0.4, 0.5) is 0 Å². The van der Waals surface area contributed by atoms with Crippen LogP contribution < -0.4 is 16.0 Å². The second-order valence-corrected chi connectivity index (χ2v) is 9.58. The molecule has 2 aromatic carbocycles. The molecule has 1 radical (unpaired) electrons. The predicted molar refractivity (Wildman–Crippen MR) is 147 cm³/mol. The molecule has 1 aliphatic heterocycles. The summed E-state index contributed by atoms with van der Waals surface area (Å²) in [6, 6.07) is 14.1. The van der Waals surface area contributed by atoms with Crippen LogP contribution in [0.3, 0.4) is 0 Å². The molecule has 3 heterocycles. The predicted octanol–water partition coefficient (Wildman–Crippen LogP) is 2.17. The average Bonchev–Trinajstić information content (AvgIpc) is 3.48. The Hall–Kier alpha value is -2.59. The quantitative estimate of drug-likeness (QED) is 0.159. The molecule has 0 spiro atoms. The molecule has 2 atom stereocenters. The standard InChI is InChI=1S/C28H31N6O5.Ac/c1-38-39-15-16-10-20-18-6-2-4-8-23(18)33-26(20)27-21(19-7-3-5-9-24(19)34-27)11-22(29)28(37)31-13-17(35)12-30-14-25(36)32-16;/h2-9,16,22,29-30,33-34H,10-15H2,1H3,(H,31,37)(H,32,36);/q-1;. The van der Waals surface area contributed by atoms with Crippen molar-refractivity contribution in [2.24, 2.45) is 0 Å². The summed E-state index contributed by atoms with van der Waals surface area (Å²) in [5.74, 6) is -1.13. The molecule has 12 heteroatoms. The van der Waals surface area contributed by atoms with E-state index in [9.17, 15) is 14.4 Å². The van der Waals surface area contributed by atoms with E-state index in [1.165, 1.54) is 7.11 Å². The Kier molecular flexibility index (Phi) is 10.5. The number of aromatic nitrogens is 2. The number of nitrogens with one attached hydrogen (secondary N) is 6. The topological polar surface area (TPSA) is 161 Å². The molecule has 2 unspecified atom stereocenters. The molecule has 40 heavy (non-hydrogen) atoms. The normalized spacial score (nSPS) is 19.3. The molecule has 11 nitrogen and oxygen atoms in total. The number of H-pyrrole nitrogens is 2. The zero-order chi connectivity index (χ0) is 27.4. The summed E-state index contributed by atoms with van der Waals surface area (Å²) in [5, 5.41) is 10.2. The summed E-state index contributed by atoms with van der Waals surface area (Å²) in [7, 11) is 1.41. The Bertz CT molecular complexity index is 1520. The van der Waals surface area contributed by atoms with E-state index in [1.54, 1.807) is 0 Å². The smallest absolute Gasteiger partial charge is 0.234 e. The zero-order valence-corrected chi connectivity index (χ0v) is 26.9. The van der Waals surface area contributed by atoms with E-state index in [2.05, 4.69) is 25.9 Å². The largest absolute Gasteiger partial charge is 0.667 e. The van der Waals surface area contributed by atoms with Crippen molar-refractivity contribution in [3.63, 3.8) is 0 Å². The first-order valence-corrected chi connectivity index (χ1v) is 12.8. The van der Waals surface area contributed by atoms with Crippen molar-refractivity contribution < 1.29 is 68.2 Å². The number of fused-ring (bicyclic) bond motifs is 7. The van der Waals surface area contributed by atoms with Crippen LogP contribution >= 0.6 is 0 Å². The van der Waals surface area contributed by atoms with Gasteiger partial charge >= 0.3 is 0 Å². The molecule has 207 valence electrons. The van der Waals surface area contributed by atoms with Crippen LogP contribution in [0.2, 0.25) is 0 Å². The summed E-state index contributed by atoms with van der Waals surface area (Å²) in [5.41, 5.74) is 13.7. The fourth-order valence-electron chi connectivity index (χ4n) is 5.06. The number of para-hydroxylation sites is 2. The molecule has 4 aromatic rings. The zero-order valence-electron chi connectivity index (χ0n) is 22.1. The third-order valence-corrected chi connectivity index (χ3v) is 6.87. The number of carbonyl (C=O) groups is 3. The molecule has 0 aliphatic carbocycles. The van der Waals surface area contributed by atoms with Crippen molar-refractivity contribution >= 4 is 39.4 Å². The fraction of sp³-hybridized carbons (Fsp3) is 0.321. The minimum atomic E-state index is -1.13. The van der Waals surface area contributed by atoms with Crippen LogP contribution in [0.25, 0.3) is 38.9 Å². The minimum Gasteiger partial charge on any atom is -0.667 e. The molecule has 0 fully saturated rings. The number of rotatable bonds is 3. The van der Waals surface area contributed by atoms with Crippen LogP contribution in [-0.2, 0) is 37.0 Å². The van der Waals surface area contributed by atoms with Gasteiger partial charge in [-0.05, 0) is 36.1 Å². The molecule has 0 saturated carbocycles. The van der Waals surface area contributed by atoms with Gasteiger partial charge < -0.3 is 31.7 Å². The van der Waals surface area contributed by atoms with E-state index in [0.717, 1.165) is 44.3 Å². The average molecular weight is 759 g/mol. The van der Waals surface area contributed by atoms with Crippen LogP contribution in [0.15, 0.2) is 48.5 Å². The molecule has 0 saturated heterocycles. The Balaban J connectivity index is 0.00000370. The number of hydrogen-bond acceptors (Lipinski definition) is 6. The van der Waals surface area contributed by atoms with Gasteiger partial charge in [-0.2, -0.15) is 0 Å². The second-order valence-electron chi connectivity index (χ2n) is 9.58. The Morgan fingerprint density at radius 3 is 2.08 bits per heavy atom. The molecule has 1 aliphatic rings. The van der Waals surface area contributed by atoms with Crippen LogP contribution in [-0.4, -0.2) is 73.0 Å². The molecule has 5 rings (SSSR count). The van der Waals surface area contributed by atoms with Gasteiger partial charge in [0, 0.05) is 65.9 Å². The summed E-state index contributed by atoms with van der Waals surface area (Å²) in [6.07, 6.45) is 0.548. The molecule has 2 amide bonds. The minimum absolute atomic E-state index is 0. The Morgan fingerprint density at radius 1 is 0.850 bits per heavy atom. The summed E-state index contributed by atoms with van der Waals surface area (Å²) < 4.78 is 0. The maximum absolute atomic E-state index is 12.8. The van der Waals surface area contributed by atoms with Crippen molar-refractivity contribution in [2.75, 3.05) is 33.4 Å². The van der Waals surface area contributed by atoms with E-state index >= 15 is 0 Å². The van der Waals surface area contributed by atoms with E-state index in [0.29, 0.717) is 6.42 Å². The number of ketones is 1. The molecular weight excluding hydrogens is 727 g/mol. The van der Waals surface area contributed by atoms with Crippen molar-refractivity contribution in [1.29, 1.82) is 0 Å². The van der Waals surface area contributed by atoms with Crippen molar-refractivity contribution in [2.45, 2.75) is 24.9 Å². The third kappa shape index (κ3) is 6.82. The number of benzene rings is 2. The van der Waals surface area contributed by atoms with E-state index in [1.807, 2.05) is 48.5 Å². The number of carbonyl (C=O) groups excluding carboxylic acids is 3. The van der Waals surface area contributed by atoms with Crippen molar-refractivity contribution in [3.05, 3.63) is 65.4 Å². The first-order chi connectivity index (χ1) is 18.9. The number of aromatic amines is 2. The monoisotopic (exact) mass is 758 g/mol. The maximum Gasteiger partial charge on any atom is 0.234 e. The first-order valence-electron chi connectivity index (χ1n) is 12.8. The van der Waals surface area contributed by atoms with Gasteiger partial charge in [0.25, 0.3) is 0 Å². The van der Waals surface area contributed by atoms with Crippen LogP contribution in [0.1, 0.15) is 11.1 Å². The summed E-state index contributed by atoms with van der Waals surface area (Å²) >= 11 is 0. The van der Waals surface area contributed by atoms with Gasteiger partial charge in [-0.3, -0.25) is 14.4 Å². The molecule has 2 aromatic heterocycles. The van der Waals surface area contributed by atoms with Crippen molar-refractivity contribution in [1.82, 2.24) is 25.9 Å². The SMILES string of the molecule is COOCC1Cc2c([nH]c3ccccc23)-c2[nH]c3ccccc3c2CC([NH-])C(=O)NCC(=O)CNCC(=O)N1.[Ac].